The van der Waals surface area contributed by atoms with E-state index in [-0.39, 0.29) is 22.3 Å². The normalized spacial score (nSPS) is 23.5. The van der Waals surface area contributed by atoms with E-state index in [2.05, 4.69) is 15.9 Å². The summed E-state index contributed by atoms with van der Waals surface area (Å²) in [4.78, 5) is 23.4. The fourth-order valence-electron chi connectivity index (χ4n) is 4.53. The van der Waals surface area contributed by atoms with Crippen molar-refractivity contribution in [2.75, 3.05) is 0 Å². The van der Waals surface area contributed by atoms with Gasteiger partial charge in [-0.25, -0.2) is 0 Å². The molecule has 0 saturated heterocycles. The van der Waals surface area contributed by atoms with Gasteiger partial charge < -0.3 is 0 Å². The summed E-state index contributed by atoms with van der Waals surface area (Å²) < 4.78 is 75.5. The number of halogens is 7. The van der Waals surface area contributed by atoms with Gasteiger partial charge in [0.2, 0.25) is 0 Å². The van der Waals surface area contributed by atoms with Gasteiger partial charge in [-0.1, -0.05) is 65.2 Å². The minimum atomic E-state index is -4.36. The predicted molar refractivity (Wildman–Crippen MR) is 123 cm³/mol. The Morgan fingerprint density at radius 1 is 0.686 bits per heavy atom. The van der Waals surface area contributed by atoms with Gasteiger partial charge in [-0.3, -0.25) is 9.59 Å². The van der Waals surface area contributed by atoms with Gasteiger partial charge in [0.1, 0.15) is 5.78 Å². The molecule has 2 saturated carbocycles. The Kier molecular flexibility index (Phi) is 8.83. The third kappa shape index (κ3) is 7.18. The molecule has 190 valence electrons. The molecule has 0 aliphatic heterocycles. The molecule has 3 unspecified atom stereocenters. The number of alkyl halides is 7. The topological polar surface area (TPSA) is 34.1 Å². The third-order valence-electron chi connectivity index (χ3n) is 6.39. The Morgan fingerprint density at radius 2 is 1.20 bits per heavy atom. The quantitative estimate of drug-likeness (QED) is 0.273. The summed E-state index contributed by atoms with van der Waals surface area (Å²) in [5, 5.41) is 0. The fourth-order valence-corrected chi connectivity index (χ4v) is 5.18. The van der Waals surface area contributed by atoms with Crippen molar-refractivity contribution < 1.29 is 35.9 Å². The minimum Gasteiger partial charge on any atom is -0.299 e. The van der Waals surface area contributed by atoms with E-state index in [1.54, 1.807) is 12.1 Å². The van der Waals surface area contributed by atoms with Crippen LogP contribution in [-0.4, -0.2) is 16.4 Å². The molecular formula is C26H25BrF6O2. The van der Waals surface area contributed by atoms with Crippen LogP contribution < -0.4 is 0 Å². The first-order valence-electron chi connectivity index (χ1n) is 11.4. The first-order chi connectivity index (χ1) is 16.4. The highest BCUT2D eigenvalue weighted by Crippen LogP contribution is 2.37. The molecule has 0 bridgehead atoms. The maximum Gasteiger partial charge on any atom is 0.416 e. The number of hydrogen-bond donors (Lipinski definition) is 0. The second-order valence-electron chi connectivity index (χ2n) is 8.86. The standard InChI is InChI=1S/C13H12BrF3O.C13H13F3O/c14-11-6-2-5-10(12(11)18)8-3-1-4-9(7-8)13(15,16)17;14-13(15,16)10-5-3-4-9(8-10)11-6-1-2-7-12(11)17/h1,3-4,7,10-11H,2,5-6H2;3-5,8,11H,1-2,6-7H2. The van der Waals surface area contributed by atoms with Crippen molar-refractivity contribution >= 4 is 27.5 Å². The van der Waals surface area contributed by atoms with E-state index in [0.29, 0.717) is 30.4 Å². The van der Waals surface area contributed by atoms with Crippen molar-refractivity contribution in [3.63, 3.8) is 0 Å². The van der Waals surface area contributed by atoms with Crippen LogP contribution in [0.4, 0.5) is 26.3 Å². The number of ketones is 2. The van der Waals surface area contributed by atoms with E-state index in [4.69, 9.17) is 0 Å². The average molecular weight is 563 g/mol. The first kappa shape index (κ1) is 27.4. The van der Waals surface area contributed by atoms with Crippen molar-refractivity contribution in [3.8, 4) is 0 Å². The summed E-state index contributed by atoms with van der Waals surface area (Å²) in [7, 11) is 0. The van der Waals surface area contributed by atoms with Crippen LogP contribution in [0.5, 0.6) is 0 Å². The van der Waals surface area contributed by atoms with E-state index in [1.807, 2.05) is 0 Å². The van der Waals surface area contributed by atoms with E-state index in [9.17, 15) is 35.9 Å². The van der Waals surface area contributed by atoms with Gasteiger partial charge in [0.05, 0.1) is 16.0 Å². The van der Waals surface area contributed by atoms with Crippen LogP contribution in [-0.2, 0) is 21.9 Å². The Hall–Kier alpha value is -2.16. The van der Waals surface area contributed by atoms with Gasteiger partial charge in [0.25, 0.3) is 0 Å². The zero-order chi connectivity index (χ0) is 25.8. The molecule has 0 radical (unpaired) electrons. The van der Waals surface area contributed by atoms with E-state index < -0.39 is 29.4 Å². The first-order valence-corrected chi connectivity index (χ1v) is 12.3. The predicted octanol–water partition coefficient (Wildman–Crippen LogP) is 8.24. The van der Waals surface area contributed by atoms with Crippen molar-refractivity contribution in [3.05, 3.63) is 70.8 Å². The van der Waals surface area contributed by atoms with Gasteiger partial charge in [-0.05, 0) is 48.9 Å². The maximum absolute atomic E-state index is 12.6. The van der Waals surface area contributed by atoms with Gasteiger partial charge in [-0.15, -0.1) is 0 Å². The van der Waals surface area contributed by atoms with Crippen LogP contribution in [0.15, 0.2) is 48.5 Å². The van der Waals surface area contributed by atoms with E-state index >= 15 is 0 Å². The molecule has 4 rings (SSSR count). The monoisotopic (exact) mass is 562 g/mol. The number of hydrogen-bond acceptors (Lipinski definition) is 2. The molecule has 2 nitrogen and oxygen atoms in total. The van der Waals surface area contributed by atoms with Crippen LogP contribution in [0.3, 0.4) is 0 Å². The summed E-state index contributed by atoms with van der Waals surface area (Å²) >= 11 is 3.28. The molecule has 0 N–H and O–H groups in total. The lowest BCUT2D eigenvalue weighted by molar-refractivity contribution is -0.138. The number of carbonyl (C=O) groups is 2. The van der Waals surface area contributed by atoms with Crippen LogP contribution in [0.2, 0.25) is 0 Å². The molecule has 0 aromatic heterocycles. The second-order valence-corrected chi connectivity index (χ2v) is 9.97. The summed E-state index contributed by atoms with van der Waals surface area (Å²) in [5.74, 6) is -0.701. The van der Waals surface area contributed by atoms with Gasteiger partial charge >= 0.3 is 12.4 Å². The maximum atomic E-state index is 12.6. The van der Waals surface area contributed by atoms with Crippen LogP contribution in [0.1, 0.15) is 79.0 Å². The SMILES string of the molecule is O=C1C(Br)CCCC1c1cccc(C(F)(F)F)c1.O=C1CCCCC1c1cccc(C(F)(F)F)c1. The summed E-state index contributed by atoms with van der Waals surface area (Å²) in [6, 6.07) is 10.2. The van der Waals surface area contributed by atoms with Crippen molar-refractivity contribution in [1.82, 2.24) is 0 Å². The zero-order valence-electron chi connectivity index (χ0n) is 18.8. The Labute approximate surface area is 208 Å². The number of carbonyl (C=O) groups excluding carboxylic acids is 2. The van der Waals surface area contributed by atoms with E-state index in [0.717, 1.165) is 49.9 Å². The second kappa shape index (κ2) is 11.3. The third-order valence-corrected chi connectivity index (χ3v) is 7.30. The molecule has 2 aromatic rings. The molecule has 0 heterocycles. The zero-order valence-corrected chi connectivity index (χ0v) is 20.3. The summed E-state index contributed by atoms with van der Waals surface area (Å²) in [6.07, 6.45) is -3.55. The molecule has 2 fully saturated rings. The highest BCUT2D eigenvalue weighted by atomic mass is 79.9. The van der Waals surface area contributed by atoms with Gasteiger partial charge in [0.15, 0.2) is 5.78 Å². The van der Waals surface area contributed by atoms with Crippen LogP contribution >= 0.6 is 15.9 Å². The van der Waals surface area contributed by atoms with Gasteiger partial charge in [-0.2, -0.15) is 26.3 Å². The molecule has 2 aliphatic carbocycles. The molecule has 3 atom stereocenters. The average Bonchev–Trinajstić information content (AvgIpc) is 2.81. The lowest BCUT2D eigenvalue weighted by atomic mass is 9.82. The number of benzene rings is 2. The molecule has 0 amide bonds. The number of rotatable bonds is 2. The number of Topliss-reactive ketones (excluding diaryl/α,β-unsaturated/α-hetero) is 2. The summed E-state index contributed by atoms with van der Waals surface area (Å²) in [5.41, 5.74) is -0.388. The lowest BCUT2D eigenvalue weighted by Crippen LogP contribution is -2.27. The summed E-state index contributed by atoms with van der Waals surface area (Å²) in [6.45, 7) is 0. The van der Waals surface area contributed by atoms with E-state index in [1.165, 1.54) is 12.1 Å². The van der Waals surface area contributed by atoms with Crippen LogP contribution in [0, 0.1) is 0 Å². The highest BCUT2D eigenvalue weighted by molar-refractivity contribution is 9.10. The molecule has 2 aromatic carbocycles. The Morgan fingerprint density at radius 3 is 1.71 bits per heavy atom. The van der Waals surface area contributed by atoms with Crippen molar-refractivity contribution in [2.45, 2.75) is 74.0 Å². The molecule has 2 aliphatic rings. The van der Waals surface area contributed by atoms with Crippen molar-refractivity contribution in [2.24, 2.45) is 0 Å². The fraction of sp³-hybridized carbons (Fsp3) is 0.462. The van der Waals surface area contributed by atoms with Crippen LogP contribution in [0.25, 0.3) is 0 Å². The highest BCUT2D eigenvalue weighted by Gasteiger charge is 2.34. The molecule has 0 spiro atoms. The smallest absolute Gasteiger partial charge is 0.299 e. The Balaban J connectivity index is 0.000000196. The Bertz CT molecular complexity index is 1050. The molecule has 9 heteroatoms. The lowest BCUT2D eigenvalue weighted by Gasteiger charge is -2.25. The molecular weight excluding hydrogens is 538 g/mol. The largest absolute Gasteiger partial charge is 0.416 e. The van der Waals surface area contributed by atoms with Gasteiger partial charge in [0, 0.05) is 18.3 Å². The molecule has 35 heavy (non-hydrogen) atoms. The minimum absolute atomic E-state index is 0.0134. The van der Waals surface area contributed by atoms with Crippen molar-refractivity contribution in [1.29, 1.82) is 0 Å².